The Morgan fingerprint density at radius 1 is 0.920 bits per heavy atom. The molecule has 124 valence electrons. The highest BCUT2D eigenvalue weighted by atomic mass is 16.2. The van der Waals surface area contributed by atoms with E-state index in [1.165, 1.54) is 10.7 Å². The van der Waals surface area contributed by atoms with Crippen molar-refractivity contribution in [3.8, 4) is 11.3 Å². The number of para-hydroxylation sites is 1. The summed E-state index contributed by atoms with van der Waals surface area (Å²) in [6.45, 7) is 0. The number of carbonyl (C=O) groups is 1. The summed E-state index contributed by atoms with van der Waals surface area (Å²) in [5.41, 5.74) is 3.20. The molecular weight excluding hydrogens is 314 g/mol. The van der Waals surface area contributed by atoms with Crippen LogP contribution in [0.4, 0.5) is 5.69 Å². The molecule has 2 aromatic carbocycles. The summed E-state index contributed by atoms with van der Waals surface area (Å²) in [6.07, 6.45) is 1.25. The zero-order valence-electron chi connectivity index (χ0n) is 13.6. The first kappa shape index (κ1) is 15.3. The third kappa shape index (κ3) is 2.96. The van der Waals surface area contributed by atoms with Crippen molar-refractivity contribution >= 4 is 11.6 Å². The van der Waals surface area contributed by atoms with Crippen LogP contribution in [0, 0.1) is 0 Å². The van der Waals surface area contributed by atoms with Gasteiger partial charge in [-0.25, -0.2) is 4.68 Å². The normalized spacial score (nSPS) is 16.6. The Hall–Kier alpha value is -3.21. The van der Waals surface area contributed by atoms with Crippen molar-refractivity contribution in [1.82, 2.24) is 9.78 Å². The number of fused-ring (bicyclic) bond motifs is 1. The monoisotopic (exact) mass is 331 g/mol. The molecule has 1 unspecified atom stereocenters. The van der Waals surface area contributed by atoms with Crippen LogP contribution in [-0.2, 0) is 11.2 Å². The summed E-state index contributed by atoms with van der Waals surface area (Å²) in [5.74, 6) is -0.204. The van der Waals surface area contributed by atoms with E-state index in [-0.39, 0.29) is 11.5 Å². The number of hydrogen-bond donors (Lipinski definition) is 1. The molecule has 1 aliphatic heterocycles. The van der Waals surface area contributed by atoms with Gasteiger partial charge in [-0.3, -0.25) is 9.59 Å². The van der Waals surface area contributed by atoms with Crippen LogP contribution in [-0.4, -0.2) is 15.7 Å². The average Bonchev–Trinajstić information content (AvgIpc) is 2.81. The highest BCUT2D eigenvalue weighted by Gasteiger charge is 2.26. The Morgan fingerprint density at radius 2 is 1.68 bits per heavy atom. The summed E-state index contributed by atoms with van der Waals surface area (Å²) < 4.78 is 1.31. The molecule has 1 amide bonds. The summed E-state index contributed by atoms with van der Waals surface area (Å²) in [6, 6.07) is 19.9. The highest BCUT2D eigenvalue weighted by molar-refractivity contribution is 5.95. The van der Waals surface area contributed by atoms with Gasteiger partial charge in [0.2, 0.25) is 5.91 Å². The van der Waals surface area contributed by atoms with Gasteiger partial charge in [0, 0.05) is 17.3 Å². The first-order valence-electron chi connectivity index (χ1n) is 8.26. The minimum Gasteiger partial charge on any atom is -0.324 e. The third-order valence-corrected chi connectivity index (χ3v) is 4.45. The van der Waals surface area contributed by atoms with E-state index in [0.29, 0.717) is 18.5 Å². The fourth-order valence-corrected chi connectivity index (χ4v) is 3.14. The number of aromatic nitrogens is 2. The molecule has 0 saturated carbocycles. The molecule has 0 saturated heterocycles. The van der Waals surface area contributed by atoms with Gasteiger partial charge in [-0.05, 0) is 30.5 Å². The van der Waals surface area contributed by atoms with E-state index in [1.54, 1.807) is 6.07 Å². The zero-order valence-corrected chi connectivity index (χ0v) is 13.6. The van der Waals surface area contributed by atoms with Gasteiger partial charge < -0.3 is 5.32 Å². The number of rotatable bonds is 2. The lowest BCUT2D eigenvalue weighted by Crippen LogP contribution is -2.34. The molecule has 5 heteroatoms. The second-order valence-electron chi connectivity index (χ2n) is 6.07. The fourth-order valence-electron chi connectivity index (χ4n) is 3.14. The van der Waals surface area contributed by atoms with Crippen molar-refractivity contribution in [2.45, 2.75) is 18.9 Å². The van der Waals surface area contributed by atoms with E-state index in [1.807, 2.05) is 54.6 Å². The average molecular weight is 331 g/mol. The highest BCUT2D eigenvalue weighted by Crippen LogP contribution is 2.26. The maximum atomic E-state index is 12.7. The Labute approximate surface area is 144 Å². The van der Waals surface area contributed by atoms with Gasteiger partial charge in [-0.2, -0.15) is 5.10 Å². The Kier molecular flexibility index (Phi) is 3.90. The van der Waals surface area contributed by atoms with Crippen molar-refractivity contribution in [3.63, 3.8) is 0 Å². The minimum absolute atomic E-state index is 0.204. The Balaban J connectivity index is 1.72. The number of nitrogens with one attached hydrogen (secondary N) is 1. The topological polar surface area (TPSA) is 64.0 Å². The Bertz CT molecular complexity index is 979. The molecule has 1 aliphatic rings. The van der Waals surface area contributed by atoms with Crippen molar-refractivity contribution in [2.75, 3.05) is 5.32 Å². The lowest BCUT2D eigenvalue weighted by molar-refractivity contribution is -0.119. The van der Waals surface area contributed by atoms with Crippen molar-refractivity contribution in [3.05, 3.63) is 82.6 Å². The number of aryl methyl sites for hydroxylation is 1. The SMILES string of the molecule is O=C1Nc2ccccc2CCC1n1nc(-c2ccccc2)ccc1=O. The number of benzene rings is 2. The smallest absolute Gasteiger partial charge is 0.267 e. The van der Waals surface area contributed by atoms with Crippen LogP contribution >= 0.6 is 0 Å². The molecular formula is C20H17N3O2. The predicted octanol–water partition coefficient (Wildman–Crippen LogP) is 3.04. The van der Waals surface area contributed by atoms with Gasteiger partial charge in [-0.1, -0.05) is 48.5 Å². The van der Waals surface area contributed by atoms with E-state index in [9.17, 15) is 9.59 Å². The lowest BCUT2D eigenvalue weighted by atomic mass is 10.1. The maximum Gasteiger partial charge on any atom is 0.267 e. The van der Waals surface area contributed by atoms with Crippen molar-refractivity contribution in [2.24, 2.45) is 0 Å². The van der Waals surface area contributed by atoms with Crippen LogP contribution in [0.3, 0.4) is 0 Å². The largest absolute Gasteiger partial charge is 0.324 e. The van der Waals surface area contributed by atoms with Crippen LogP contribution in [0.5, 0.6) is 0 Å². The van der Waals surface area contributed by atoms with Crippen molar-refractivity contribution in [1.29, 1.82) is 0 Å². The van der Waals surface area contributed by atoms with Crippen molar-refractivity contribution < 1.29 is 4.79 Å². The first-order valence-corrected chi connectivity index (χ1v) is 8.26. The van der Waals surface area contributed by atoms with Gasteiger partial charge >= 0.3 is 0 Å². The molecule has 3 aromatic rings. The molecule has 1 aromatic heterocycles. The molecule has 0 radical (unpaired) electrons. The summed E-state index contributed by atoms with van der Waals surface area (Å²) >= 11 is 0. The van der Waals surface area contributed by atoms with E-state index < -0.39 is 6.04 Å². The molecule has 0 bridgehead atoms. The van der Waals surface area contributed by atoms with Gasteiger partial charge in [0.1, 0.15) is 6.04 Å². The zero-order chi connectivity index (χ0) is 17.2. The van der Waals surface area contributed by atoms with Crippen LogP contribution in [0.15, 0.2) is 71.5 Å². The molecule has 0 aliphatic carbocycles. The molecule has 0 fully saturated rings. The maximum absolute atomic E-state index is 12.7. The number of carbonyl (C=O) groups excluding carboxylic acids is 1. The predicted molar refractivity (Wildman–Crippen MR) is 96.4 cm³/mol. The van der Waals surface area contributed by atoms with Crippen LogP contribution in [0.1, 0.15) is 18.0 Å². The summed E-state index contributed by atoms with van der Waals surface area (Å²) in [7, 11) is 0. The minimum atomic E-state index is -0.622. The molecule has 1 N–H and O–H groups in total. The van der Waals surface area contributed by atoms with E-state index in [2.05, 4.69) is 10.4 Å². The van der Waals surface area contributed by atoms with Gasteiger partial charge in [0.05, 0.1) is 5.69 Å². The molecule has 2 heterocycles. The quantitative estimate of drug-likeness (QED) is 0.785. The molecule has 1 atom stereocenters. The van der Waals surface area contributed by atoms with E-state index >= 15 is 0 Å². The molecule has 4 rings (SSSR count). The molecule has 0 spiro atoms. The van der Waals surface area contributed by atoms with Gasteiger partial charge in [0.15, 0.2) is 0 Å². The molecule has 5 nitrogen and oxygen atoms in total. The fraction of sp³-hybridized carbons (Fsp3) is 0.150. The summed E-state index contributed by atoms with van der Waals surface area (Å²) in [4.78, 5) is 25.0. The van der Waals surface area contributed by atoms with Gasteiger partial charge in [0.25, 0.3) is 5.56 Å². The second kappa shape index (κ2) is 6.36. The number of anilines is 1. The molecule has 25 heavy (non-hydrogen) atoms. The first-order chi connectivity index (χ1) is 12.2. The number of amides is 1. The van der Waals surface area contributed by atoms with Gasteiger partial charge in [-0.15, -0.1) is 0 Å². The number of hydrogen-bond acceptors (Lipinski definition) is 3. The van der Waals surface area contributed by atoms with Crippen LogP contribution in [0.25, 0.3) is 11.3 Å². The number of nitrogens with zero attached hydrogens (tertiary/aromatic N) is 2. The second-order valence-corrected chi connectivity index (χ2v) is 6.07. The Morgan fingerprint density at radius 3 is 2.52 bits per heavy atom. The summed E-state index contributed by atoms with van der Waals surface area (Å²) in [5, 5.41) is 7.38. The van der Waals surface area contributed by atoms with E-state index in [4.69, 9.17) is 0 Å². The standard InChI is InChI=1S/C20H17N3O2/c24-19-13-11-17(14-6-2-1-3-7-14)22-23(19)18-12-10-15-8-4-5-9-16(15)21-20(18)25/h1-9,11,13,18H,10,12H2,(H,21,25). The van der Waals surface area contributed by atoms with Crippen LogP contribution in [0.2, 0.25) is 0 Å². The van der Waals surface area contributed by atoms with E-state index in [0.717, 1.165) is 16.8 Å². The van der Waals surface area contributed by atoms with Crippen LogP contribution < -0.4 is 10.9 Å². The third-order valence-electron chi connectivity index (χ3n) is 4.45. The lowest BCUT2D eigenvalue weighted by Gasteiger charge is -2.16.